The summed E-state index contributed by atoms with van der Waals surface area (Å²) in [7, 11) is 0. The summed E-state index contributed by atoms with van der Waals surface area (Å²) in [6.07, 6.45) is 5.30. The van der Waals surface area contributed by atoms with E-state index in [0.29, 0.717) is 18.9 Å². The number of carbonyl (C=O) groups excluding carboxylic acids is 1. The third-order valence-electron chi connectivity index (χ3n) is 4.97. The van der Waals surface area contributed by atoms with E-state index in [2.05, 4.69) is 54.6 Å². The van der Waals surface area contributed by atoms with Crippen molar-refractivity contribution in [2.45, 2.75) is 52.1 Å². The Bertz CT molecular complexity index is 692. The van der Waals surface area contributed by atoms with Crippen LogP contribution in [-0.2, 0) is 23.3 Å². The average molecular weight is 325 g/mol. The molecule has 1 amide bonds. The molecular weight excluding hydrogens is 298 g/mol. The summed E-state index contributed by atoms with van der Waals surface area (Å²) in [6.45, 7) is 9.02. The van der Waals surface area contributed by atoms with Crippen molar-refractivity contribution in [3.63, 3.8) is 0 Å². The minimum absolute atomic E-state index is 0.0259. The van der Waals surface area contributed by atoms with Crippen LogP contribution >= 0.6 is 0 Å². The second-order valence-corrected chi connectivity index (χ2v) is 7.61. The SMILES string of the molecule is CC(C)Cn1cncc1CN1CC(C)(c2ccccc2)CCC1=O. The summed E-state index contributed by atoms with van der Waals surface area (Å²) in [5.74, 6) is 0.810. The van der Waals surface area contributed by atoms with Crippen LogP contribution in [0.2, 0.25) is 0 Å². The third kappa shape index (κ3) is 3.53. The first-order valence-corrected chi connectivity index (χ1v) is 8.80. The van der Waals surface area contributed by atoms with Crippen LogP contribution in [0.25, 0.3) is 0 Å². The summed E-state index contributed by atoms with van der Waals surface area (Å²) >= 11 is 0. The average Bonchev–Trinajstić information content (AvgIpc) is 2.98. The number of hydrogen-bond donors (Lipinski definition) is 0. The number of piperidine rings is 1. The monoisotopic (exact) mass is 325 g/mol. The van der Waals surface area contributed by atoms with Gasteiger partial charge in [-0.15, -0.1) is 0 Å². The minimum Gasteiger partial charge on any atom is -0.336 e. The number of nitrogens with zero attached hydrogens (tertiary/aromatic N) is 3. The van der Waals surface area contributed by atoms with Gasteiger partial charge in [-0.1, -0.05) is 51.1 Å². The van der Waals surface area contributed by atoms with Crippen molar-refractivity contribution >= 4 is 5.91 Å². The van der Waals surface area contributed by atoms with Crippen molar-refractivity contribution in [2.24, 2.45) is 5.92 Å². The van der Waals surface area contributed by atoms with Crippen molar-refractivity contribution in [2.75, 3.05) is 6.54 Å². The fourth-order valence-corrected chi connectivity index (χ4v) is 3.58. The van der Waals surface area contributed by atoms with Crippen LogP contribution in [-0.4, -0.2) is 26.9 Å². The fraction of sp³-hybridized carbons (Fsp3) is 0.500. The van der Waals surface area contributed by atoms with Gasteiger partial charge in [-0.3, -0.25) is 4.79 Å². The number of likely N-dealkylation sites (tertiary alicyclic amines) is 1. The summed E-state index contributed by atoms with van der Waals surface area (Å²) < 4.78 is 2.17. The zero-order chi connectivity index (χ0) is 17.2. The predicted octanol–water partition coefficient (Wildman–Crippen LogP) is 3.62. The van der Waals surface area contributed by atoms with Gasteiger partial charge in [-0.2, -0.15) is 0 Å². The van der Waals surface area contributed by atoms with Crippen LogP contribution in [0.3, 0.4) is 0 Å². The standard InChI is InChI=1S/C20H27N3O/c1-16(2)12-23-15-21-11-18(23)13-22-14-20(3,10-9-19(22)24)17-7-5-4-6-8-17/h4-8,11,15-16H,9-10,12-14H2,1-3H3. The minimum atomic E-state index is 0.0259. The van der Waals surface area contributed by atoms with E-state index in [1.165, 1.54) is 5.56 Å². The number of carbonyl (C=O) groups is 1. The Morgan fingerprint density at radius 1 is 1.25 bits per heavy atom. The molecule has 0 aliphatic carbocycles. The molecule has 0 radical (unpaired) electrons. The number of imidazole rings is 1. The number of hydrogen-bond acceptors (Lipinski definition) is 2. The van der Waals surface area contributed by atoms with Gasteiger partial charge in [-0.25, -0.2) is 4.98 Å². The maximum absolute atomic E-state index is 12.5. The number of rotatable bonds is 5. The summed E-state index contributed by atoms with van der Waals surface area (Å²) in [5, 5.41) is 0. The second-order valence-electron chi connectivity index (χ2n) is 7.61. The van der Waals surface area contributed by atoms with E-state index in [1.54, 1.807) is 0 Å². The van der Waals surface area contributed by atoms with Crippen molar-refractivity contribution in [3.05, 3.63) is 54.1 Å². The molecule has 1 fully saturated rings. The van der Waals surface area contributed by atoms with Crippen molar-refractivity contribution in [3.8, 4) is 0 Å². The van der Waals surface area contributed by atoms with E-state index >= 15 is 0 Å². The molecule has 2 aromatic rings. The molecule has 0 spiro atoms. The first-order valence-electron chi connectivity index (χ1n) is 8.80. The normalized spacial score (nSPS) is 21.5. The van der Waals surface area contributed by atoms with Crippen LogP contribution in [0.4, 0.5) is 0 Å². The molecular formula is C20H27N3O. The van der Waals surface area contributed by atoms with E-state index in [9.17, 15) is 4.79 Å². The lowest BCUT2D eigenvalue weighted by molar-refractivity contribution is -0.136. The van der Waals surface area contributed by atoms with Crippen molar-refractivity contribution < 1.29 is 4.79 Å². The summed E-state index contributed by atoms with van der Waals surface area (Å²) in [4.78, 5) is 18.8. The fourth-order valence-electron chi connectivity index (χ4n) is 3.58. The topological polar surface area (TPSA) is 38.1 Å². The van der Waals surface area contributed by atoms with E-state index in [4.69, 9.17) is 0 Å². The van der Waals surface area contributed by atoms with E-state index in [-0.39, 0.29) is 11.3 Å². The second kappa shape index (κ2) is 6.80. The Morgan fingerprint density at radius 3 is 2.71 bits per heavy atom. The maximum atomic E-state index is 12.5. The molecule has 128 valence electrons. The van der Waals surface area contributed by atoms with E-state index in [0.717, 1.165) is 25.2 Å². The zero-order valence-electron chi connectivity index (χ0n) is 14.9. The van der Waals surface area contributed by atoms with Gasteiger partial charge in [0.1, 0.15) is 0 Å². The van der Waals surface area contributed by atoms with Crippen LogP contribution in [0.15, 0.2) is 42.9 Å². The third-order valence-corrected chi connectivity index (χ3v) is 4.97. The van der Waals surface area contributed by atoms with Gasteiger partial charge in [0.15, 0.2) is 0 Å². The Hall–Kier alpha value is -2.10. The highest BCUT2D eigenvalue weighted by Gasteiger charge is 2.36. The smallest absolute Gasteiger partial charge is 0.222 e. The highest BCUT2D eigenvalue weighted by atomic mass is 16.2. The van der Waals surface area contributed by atoms with Crippen LogP contribution in [0.5, 0.6) is 0 Å². The quantitative estimate of drug-likeness (QED) is 0.842. The molecule has 1 aromatic heterocycles. The predicted molar refractivity (Wildman–Crippen MR) is 95.5 cm³/mol. The molecule has 24 heavy (non-hydrogen) atoms. The van der Waals surface area contributed by atoms with Gasteiger partial charge in [0.2, 0.25) is 5.91 Å². The Balaban J connectivity index is 1.78. The lowest BCUT2D eigenvalue weighted by Gasteiger charge is -2.40. The number of amides is 1. The van der Waals surface area contributed by atoms with Crippen LogP contribution in [0, 0.1) is 5.92 Å². The Labute approximate surface area is 144 Å². The summed E-state index contributed by atoms with van der Waals surface area (Å²) in [5.41, 5.74) is 2.46. The van der Waals surface area contributed by atoms with Gasteiger partial charge in [0, 0.05) is 31.1 Å². The number of benzene rings is 1. The first-order chi connectivity index (χ1) is 11.5. The van der Waals surface area contributed by atoms with Gasteiger partial charge in [0.25, 0.3) is 0 Å². The zero-order valence-corrected chi connectivity index (χ0v) is 14.9. The lowest BCUT2D eigenvalue weighted by atomic mass is 9.75. The lowest BCUT2D eigenvalue weighted by Crippen LogP contribution is -2.47. The molecule has 4 heteroatoms. The molecule has 3 rings (SSSR count). The molecule has 1 aliphatic heterocycles. The summed E-state index contributed by atoms with van der Waals surface area (Å²) in [6, 6.07) is 10.6. The van der Waals surface area contributed by atoms with Crippen molar-refractivity contribution in [1.29, 1.82) is 0 Å². The molecule has 0 bridgehead atoms. The molecule has 4 nitrogen and oxygen atoms in total. The molecule has 1 aromatic carbocycles. The van der Waals surface area contributed by atoms with Gasteiger partial charge < -0.3 is 9.47 Å². The molecule has 1 saturated heterocycles. The molecule has 0 saturated carbocycles. The molecule has 0 N–H and O–H groups in total. The maximum Gasteiger partial charge on any atom is 0.222 e. The highest BCUT2D eigenvalue weighted by molar-refractivity contribution is 5.77. The van der Waals surface area contributed by atoms with Crippen LogP contribution in [0.1, 0.15) is 44.9 Å². The molecule has 1 aliphatic rings. The highest BCUT2D eigenvalue weighted by Crippen LogP contribution is 2.34. The molecule has 1 atom stereocenters. The van der Waals surface area contributed by atoms with Gasteiger partial charge in [0.05, 0.1) is 18.6 Å². The van der Waals surface area contributed by atoms with E-state index in [1.807, 2.05) is 23.5 Å². The first kappa shape index (κ1) is 16.7. The van der Waals surface area contributed by atoms with Crippen LogP contribution < -0.4 is 0 Å². The molecule has 1 unspecified atom stereocenters. The van der Waals surface area contributed by atoms with E-state index < -0.39 is 0 Å². The van der Waals surface area contributed by atoms with Gasteiger partial charge in [-0.05, 0) is 17.9 Å². The molecule has 2 heterocycles. The number of aromatic nitrogens is 2. The van der Waals surface area contributed by atoms with Gasteiger partial charge >= 0.3 is 0 Å². The largest absolute Gasteiger partial charge is 0.336 e. The Kier molecular flexibility index (Phi) is 4.74. The van der Waals surface area contributed by atoms with Crippen molar-refractivity contribution in [1.82, 2.24) is 14.5 Å². The Morgan fingerprint density at radius 2 is 2.00 bits per heavy atom.